The van der Waals surface area contributed by atoms with Gasteiger partial charge in [0.05, 0.1) is 6.10 Å². The second kappa shape index (κ2) is 6.61. The van der Waals surface area contributed by atoms with Crippen LogP contribution in [0.25, 0.3) is 0 Å². The Kier molecular flexibility index (Phi) is 4.77. The van der Waals surface area contributed by atoms with Gasteiger partial charge in [0, 0.05) is 25.5 Å². The molecule has 3 nitrogen and oxygen atoms in total. The van der Waals surface area contributed by atoms with Crippen LogP contribution in [0.4, 0.5) is 0 Å². The predicted molar refractivity (Wildman–Crippen MR) is 64.4 cm³/mol. The van der Waals surface area contributed by atoms with Crippen LogP contribution in [0.5, 0.6) is 0 Å². The second-order valence-corrected chi connectivity index (χ2v) is 4.30. The molecule has 16 heavy (non-hydrogen) atoms. The standard InChI is InChI=1S/C13H20N2O/c1-4-12(10-14-7-1)5-2-8-15-11-13-6-3-9-16-13/h1,4,7,10,13,15H,2-3,5-6,8-9,11H2. The molecule has 88 valence electrons. The maximum absolute atomic E-state index is 5.55. The molecule has 0 radical (unpaired) electrons. The summed E-state index contributed by atoms with van der Waals surface area (Å²) in [4.78, 5) is 4.11. The minimum atomic E-state index is 0.457. The summed E-state index contributed by atoms with van der Waals surface area (Å²) in [6.07, 6.45) is 8.93. The Labute approximate surface area is 97.2 Å². The quantitative estimate of drug-likeness (QED) is 0.742. The van der Waals surface area contributed by atoms with Gasteiger partial charge in [0.15, 0.2) is 0 Å². The van der Waals surface area contributed by atoms with Crippen LogP contribution < -0.4 is 5.32 Å². The van der Waals surface area contributed by atoms with Gasteiger partial charge in [0.25, 0.3) is 0 Å². The number of nitrogens with one attached hydrogen (secondary N) is 1. The van der Waals surface area contributed by atoms with Crippen molar-refractivity contribution in [2.45, 2.75) is 31.8 Å². The smallest absolute Gasteiger partial charge is 0.0700 e. The minimum absolute atomic E-state index is 0.457. The number of hydrogen-bond donors (Lipinski definition) is 1. The summed E-state index contributed by atoms with van der Waals surface area (Å²) in [6.45, 7) is 3.02. The highest BCUT2D eigenvalue weighted by Gasteiger charge is 2.13. The second-order valence-electron chi connectivity index (χ2n) is 4.30. The molecule has 0 spiro atoms. The average molecular weight is 220 g/mol. The van der Waals surface area contributed by atoms with Crippen molar-refractivity contribution in [1.82, 2.24) is 10.3 Å². The number of rotatable bonds is 6. The third-order valence-corrected chi connectivity index (χ3v) is 2.94. The van der Waals surface area contributed by atoms with E-state index < -0.39 is 0 Å². The van der Waals surface area contributed by atoms with E-state index in [0.717, 1.165) is 26.1 Å². The van der Waals surface area contributed by atoms with E-state index in [1.165, 1.54) is 24.8 Å². The number of nitrogens with zero attached hydrogens (tertiary/aromatic N) is 1. The zero-order valence-corrected chi connectivity index (χ0v) is 9.69. The molecule has 1 aromatic heterocycles. The lowest BCUT2D eigenvalue weighted by Crippen LogP contribution is -2.27. The first kappa shape index (κ1) is 11.6. The molecule has 0 saturated carbocycles. The predicted octanol–water partition coefficient (Wildman–Crippen LogP) is 1.78. The maximum atomic E-state index is 5.55. The zero-order valence-electron chi connectivity index (χ0n) is 9.69. The van der Waals surface area contributed by atoms with Gasteiger partial charge in [-0.2, -0.15) is 0 Å². The molecular weight excluding hydrogens is 200 g/mol. The van der Waals surface area contributed by atoms with Crippen LogP contribution in [0.1, 0.15) is 24.8 Å². The zero-order chi connectivity index (χ0) is 11.1. The highest BCUT2D eigenvalue weighted by molar-refractivity contribution is 5.08. The van der Waals surface area contributed by atoms with Gasteiger partial charge >= 0.3 is 0 Å². The van der Waals surface area contributed by atoms with E-state index in [1.54, 1.807) is 0 Å². The van der Waals surface area contributed by atoms with Crippen molar-refractivity contribution in [1.29, 1.82) is 0 Å². The summed E-state index contributed by atoms with van der Waals surface area (Å²) in [5.74, 6) is 0. The lowest BCUT2D eigenvalue weighted by molar-refractivity contribution is 0.110. The summed E-state index contributed by atoms with van der Waals surface area (Å²) >= 11 is 0. The van der Waals surface area contributed by atoms with Gasteiger partial charge in [-0.15, -0.1) is 0 Å². The third kappa shape index (κ3) is 3.91. The van der Waals surface area contributed by atoms with Crippen LogP contribution >= 0.6 is 0 Å². The lowest BCUT2D eigenvalue weighted by atomic mass is 10.1. The number of aryl methyl sites for hydroxylation is 1. The SMILES string of the molecule is c1cncc(CCCNCC2CCCO2)c1. The molecule has 1 fully saturated rings. The van der Waals surface area contributed by atoms with Gasteiger partial charge < -0.3 is 10.1 Å². The van der Waals surface area contributed by atoms with E-state index in [2.05, 4.69) is 16.4 Å². The summed E-state index contributed by atoms with van der Waals surface area (Å²) < 4.78 is 5.55. The van der Waals surface area contributed by atoms with E-state index in [-0.39, 0.29) is 0 Å². The fourth-order valence-electron chi connectivity index (χ4n) is 2.03. The van der Waals surface area contributed by atoms with Gasteiger partial charge in [0.1, 0.15) is 0 Å². The van der Waals surface area contributed by atoms with Crippen molar-refractivity contribution in [2.75, 3.05) is 19.7 Å². The first-order valence-electron chi connectivity index (χ1n) is 6.16. The van der Waals surface area contributed by atoms with Crippen molar-refractivity contribution < 1.29 is 4.74 Å². The van der Waals surface area contributed by atoms with Gasteiger partial charge in [-0.1, -0.05) is 6.07 Å². The van der Waals surface area contributed by atoms with E-state index in [9.17, 15) is 0 Å². The summed E-state index contributed by atoms with van der Waals surface area (Å²) in [7, 11) is 0. The van der Waals surface area contributed by atoms with E-state index in [1.807, 2.05) is 18.5 Å². The molecule has 0 aliphatic carbocycles. The third-order valence-electron chi connectivity index (χ3n) is 2.94. The molecule has 2 rings (SSSR count). The Bertz CT molecular complexity index is 283. The van der Waals surface area contributed by atoms with Gasteiger partial charge in [-0.25, -0.2) is 0 Å². The highest BCUT2D eigenvalue weighted by Crippen LogP contribution is 2.10. The molecule has 1 saturated heterocycles. The Hall–Kier alpha value is -0.930. The summed E-state index contributed by atoms with van der Waals surface area (Å²) in [5, 5.41) is 3.45. The maximum Gasteiger partial charge on any atom is 0.0700 e. The normalized spacial score (nSPS) is 20.1. The molecule has 1 N–H and O–H groups in total. The minimum Gasteiger partial charge on any atom is -0.377 e. The van der Waals surface area contributed by atoms with Crippen LogP contribution in [0.3, 0.4) is 0 Å². The van der Waals surface area contributed by atoms with Crippen molar-refractivity contribution in [3.05, 3.63) is 30.1 Å². The molecule has 1 atom stereocenters. The van der Waals surface area contributed by atoms with Crippen molar-refractivity contribution in [2.24, 2.45) is 0 Å². The van der Waals surface area contributed by atoms with E-state index >= 15 is 0 Å². The number of ether oxygens (including phenoxy) is 1. The highest BCUT2D eigenvalue weighted by atomic mass is 16.5. The number of hydrogen-bond acceptors (Lipinski definition) is 3. The fraction of sp³-hybridized carbons (Fsp3) is 0.615. The fourth-order valence-corrected chi connectivity index (χ4v) is 2.03. The van der Waals surface area contributed by atoms with Crippen molar-refractivity contribution >= 4 is 0 Å². The molecule has 0 aromatic carbocycles. The first-order chi connectivity index (χ1) is 7.95. The Morgan fingerprint density at radius 3 is 3.25 bits per heavy atom. The van der Waals surface area contributed by atoms with Crippen LogP contribution in [0, 0.1) is 0 Å². The molecule has 0 amide bonds. The average Bonchev–Trinajstić information content (AvgIpc) is 2.83. The first-order valence-corrected chi connectivity index (χ1v) is 6.16. The molecular formula is C13H20N2O. The number of pyridine rings is 1. The molecule has 1 aromatic rings. The molecule has 1 aliphatic heterocycles. The molecule has 0 bridgehead atoms. The molecule has 1 aliphatic rings. The van der Waals surface area contributed by atoms with Gasteiger partial charge in [0.2, 0.25) is 0 Å². The summed E-state index contributed by atoms with van der Waals surface area (Å²) in [6, 6.07) is 4.13. The van der Waals surface area contributed by atoms with Crippen LogP contribution in [-0.4, -0.2) is 30.8 Å². The molecule has 3 heteroatoms. The Morgan fingerprint density at radius 2 is 2.50 bits per heavy atom. The monoisotopic (exact) mass is 220 g/mol. The van der Waals surface area contributed by atoms with E-state index in [4.69, 9.17) is 4.74 Å². The Morgan fingerprint density at radius 1 is 1.50 bits per heavy atom. The Balaban J connectivity index is 1.52. The van der Waals surface area contributed by atoms with Gasteiger partial charge in [-0.05, 0) is 43.9 Å². The molecule has 1 unspecified atom stereocenters. The lowest BCUT2D eigenvalue weighted by Gasteiger charge is -2.10. The van der Waals surface area contributed by atoms with Crippen LogP contribution in [-0.2, 0) is 11.2 Å². The topological polar surface area (TPSA) is 34.2 Å². The van der Waals surface area contributed by atoms with Gasteiger partial charge in [-0.3, -0.25) is 4.98 Å². The van der Waals surface area contributed by atoms with E-state index in [0.29, 0.717) is 6.10 Å². The summed E-state index contributed by atoms with van der Waals surface area (Å²) in [5.41, 5.74) is 1.32. The van der Waals surface area contributed by atoms with Crippen LogP contribution in [0.15, 0.2) is 24.5 Å². The van der Waals surface area contributed by atoms with Crippen LogP contribution in [0.2, 0.25) is 0 Å². The van der Waals surface area contributed by atoms with Crippen molar-refractivity contribution in [3.8, 4) is 0 Å². The van der Waals surface area contributed by atoms with Crippen molar-refractivity contribution in [3.63, 3.8) is 0 Å². The largest absolute Gasteiger partial charge is 0.377 e. The molecule has 2 heterocycles. The number of aromatic nitrogens is 1.